The summed E-state index contributed by atoms with van der Waals surface area (Å²) in [6, 6.07) is 0. The van der Waals surface area contributed by atoms with E-state index in [0.29, 0.717) is 5.41 Å². The van der Waals surface area contributed by atoms with Crippen LogP contribution in [0.4, 0.5) is 0 Å². The maximum absolute atomic E-state index is 2.51. The van der Waals surface area contributed by atoms with E-state index in [9.17, 15) is 0 Å². The molecule has 2 fully saturated rings. The van der Waals surface area contributed by atoms with Gasteiger partial charge in [-0.2, -0.15) is 0 Å². The number of hydrogen-bond acceptors (Lipinski definition) is 1. The molecule has 0 N–H and O–H groups in total. The van der Waals surface area contributed by atoms with Gasteiger partial charge in [0.15, 0.2) is 0 Å². The van der Waals surface area contributed by atoms with Crippen LogP contribution in [-0.4, -0.2) is 25.0 Å². The SMILES string of the molecule is CC.CN1CCC2CC(C)(C)CCC2C1. The molecular weight excluding hydrogens is 182 g/mol. The fraction of sp³-hybridized carbons (Fsp3) is 1.00. The van der Waals surface area contributed by atoms with Crippen molar-refractivity contribution in [2.24, 2.45) is 17.3 Å². The van der Waals surface area contributed by atoms with Crippen molar-refractivity contribution in [3.05, 3.63) is 0 Å². The molecule has 1 nitrogen and oxygen atoms in total. The summed E-state index contributed by atoms with van der Waals surface area (Å²) in [7, 11) is 2.27. The molecule has 1 heterocycles. The lowest BCUT2D eigenvalue weighted by Crippen LogP contribution is -2.42. The lowest BCUT2D eigenvalue weighted by Gasteiger charge is -2.45. The van der Waals surface area contributed by atoms with Crippen LogP contribution >= 0.6 is 0 Å². The summed E-state index contributed by atoms with van der Waals surface area (Å²) in [6.45, 7) is 11.6. The molecule has 2 atom stereocenters. The molecule has 1 aliphatic carbocycles. The molecule has 0 radical (unpaired) electrons. The Balaban J connectivity index is 0.000000531. The summed E-state index contributed by atoms with van der Waals surface area (Å²) in [6.07, 6.45) is 5.85. The predicted molar refractivity (Wildman–Crippen MR) is 68.1 cm³/mol. The van der Waals surface area contributed by atoms with E-state index >= 15 is 0 Å². The van der Waals surface area contributed by atoms with E-state index in [1.807, 2.05) is 13.8 Å². The van der Waals surface area contributed by atoms with Gasteiger partial charge in [0.2, 0.25) is 0 Å². The zero-order valence-electron chi connectivity index (χ0n) is 11.3. The van der Waals surface area contributed by atoms with E-state index in [2.05, 4.69) is 25.8 Å². The predicted octanol–water partition coefficient (Wildman–Crippen LogP) is 3.79. The third kappa shape index (κ3) is 3.48. The van der Waals surface area contributed by atoms with Crippen molar-refractivity contribution in [2.45, 2.75) is 53.4 Å². The lowest BCUT2D eigenvalue weighted by molar-refractivity contribution is 0.0486. The monoisotopic (exact) mass is 211 g/mol. The summed E-state index contributed by atoms with van der Waals surface area (Å²) in [5.74, 6) is 2.06. The average molecular weight is 211 g/mol. The van der Waals surface area contributed by atoms with Crippen LogP contribution in [0.15, 0.2) is 0 Å². The lowest BCUT2D eigenvalue weighted by atomic mass is 9.65. The fourth-order valence-corrected chi connectivity index (χ4v) is 3.25. The van der Waals surface area contributed by atoms with Crippen molar-refractivity contribution < 1.29 is 0 Å². The number of likely N-dealkylation sites (tertiary alicyclic amines) is 1. The van der Waals surface area contributed by atoms with E-state index < -0.39 is 0 Å². The summed E-state index contributed by atoms with van der Waals surface area (Å²) < 4.78 is 0. The molecular formula is C14H29N. The van der Waals surface area contributed by atoms with Crippen molar-refractivity contribution in [2.75, 3.05) is 20.1 Å². The van der Waals surface area contributed by atoms with Gasteiger partial charge in [-0.1, -0.05) is 27.7 Å². The van der Waals surface area contributed by atoms with Crippen molar-refractivity contribution in [1.29, 1.82) is 0 Å². The highest BCUT2D eigenvalue weighted by Crippen LogP contribution is 2.44. The van der Waals surface area contributed by atoms with Gasteiger partial charge in [0.25, 0.3) is 0 Å². The number of piperidine rings is 1. The van der Waals surface area contributed by atoms with Gasteiger partial charge in [-0.3, -0.25) is 0 Å². The van der Waals surface area contributed by atoms with Gasteiger partial charge in [0, 0.05) is 6.54 Å². The minimum atomic E-state index is 0.636. The van der Waals surface area contributed by atoms with Crippen molar-refractivity contribution in [1.82, 2.24) is 4.90 Å². The third-order valence-electron chi connectivity index (χ3n) is 4.10. The molecule has 2 rings (SSSR count). The van der Waals surface area contributed by atoms with Crippen LogP contribution in [-0.2, 0) is 0 Å². The van der Waals surface area contributed by atoms with E-state index in [0.717, 1.165) is 11.8 Å². The van der Waals surface area contributed by atoms with Gasteiger partial charge in [0.05, 0.1) is 0 Å². The standard InChI is InChI=1S/C12H23N.C2H6/c1-12(2)6-4-11-9-13(3)7-5-10(11)8-12;1-2/h10-11H,4-9H2,1-3H3;1-2H3. The number of nitrogens with zero attached hydrogens (tertiary/aromatic N) is 1. The molecule has 1 saturated carbocycles. The Labute approximate surface area is 96.2 Å². The number of fused-ring (bicyclic) bond motifs is 1. The van der Waals surface area contributed by atoms with Crippen LogP contribution in [0, 0.1) is 17.3 Å². The fourth-order valence-electron chi connectivity index (χ4n) is 3.25. The Morgan fingerprint density at radius 1 is 1.07 bits per heavy atom. The molecule has 0 aromatic heterocycles. The van der Waals surface area contributed by atoms with Crippen molar-refractivity contribution >= 4 is 0 Å². The van der Waals surface area contributed by atoms with Crippen LogP contribution < -0.4 is 0 Å². The molecule has 1 saturated heterocycles. The molecule has 0 aromatic carbocycles. The second-order valence-electron chi connectivity index (χ2n) is 5.98. The minimum absolute atomic E-state index is 0.636. The summed E-state index contributed by atoms with van der Waals surface area (Å²) in [4.78, 5) is 2.51. The topological polar surface area (TPSA) is 3.24 Å². The quantitative estimate of drug-likeness (QED) is 0.589. The van der Waals surface area contributed by atoms with Gasteiger partial charge in [-0.15, -0.1) is 0 Å². The molecule has 0 amide bonds. The molecule has 0 aromatic rings. The van der Waals surface area contributed by atoms with E-state index in [1.165, 1.54) is 38.8 Å². The molecule has 1 heteroatoms. The Morgan fingerprint density at radius 2 is 1.73 bits per heavy atom. The normalized spacial score (nSPS) is 35.0. The second kappa shape index (κ2) is 5.34. The first kappa shape index (κ1) is 13.0. The largest absolute Gasteiger partial charge is 0.306 e. The average Bonchev–Trinajstić information content (AvgIpc) is 2.21. The zero-order chi connectivity index (χ0) is 11.5. The minimum Gasteiger partial charge on any atom is -0.306 e. The van der Waals surface area contributed by atoms with E-state index in [4.69, 9.17) is 0 Å². The number of rotatable bonds is 0. The molecule has 15 heavy (non-hydrogen) atoms. The maximum Gasteiger partial charge on any atom is 0.000927 e. The van der Waals surface area contributed by atoms with Crippen molar-refractivity contribution in [3.8, 4) is 0 Å². The van der Waals surface area contributed by atoms with Gasteiger partial charge in [-0.05, 0) is 56.5 Å². The first-order valence-corrected chi connectivity index (χ1v) is 6.75. The first-order chi connectivity index (χ1) is 7.07. The zero-order valence-corrected chi connectivity index (χ0v) is 11.3. The molecule has 0 bridgehead atoms. The van der Waals surface area contributed by atoms with Gasteiger partial charge in [0.1, 0.15) is 0 Å². The van der Waals surface area contributed by atoms with Crippen LogP contribution in [0.1, 0.15) is 53.4 Å². The van der Waals surface area contributed by atoms with Crippen LogP contribution in [0.2, 0.25) is 0 Å². The van der Waals surface area contributed by atoms with Gasteiger partial charge in [-0.25, -0.2) is 0 Å². The summed E-state index contributed by atoms with van der Waals surface area (Å²) in [5.41, 5.74) is 0.636. The van der Waals surface area contributed by atoms with Gasteiger partial charge >= 0.3 is 0 Å². The highest BCUT2D eigenvalue weighted by molar-refractivity contribution is 4.88. The van der Waals surface area contributed by atoms with Crippen molar-refractivity contribution in [3.63, 3.8) is 0 Å². The van der Waals surface area contributed by atoms with E-state index in [1.54, 1.807) is 0 Å². The Hall–Kier alpha value is -0.0400. The Bertz CT molecular complexity index is 186. The van der Waals surface area contributed by atoms with Crippen LogP contribution in [0.25, 0.3) is 0 Å². The summed E-state index contributed by atoms with van der Waals surface area (Å²) >= 11 is 0. The molecule has 2 aliphatic rings. The number of hydrogen-bond donors (Lipinski definition) is 0. The highest BCUT2D eigenvalue weighted by atomic mass is 15.1. The molecule has 1 aliphatic heterocycles. The smallest absolute Gasteiger partial charge is 0.000927 e. The Kier molecular flexibility index (Phi) is 4.64. The molecule has 90 valence electrons. The Morgan fingerprint density at radius 3 is 2.40 bits per heavy atom. The van der Waals surface area contributed by atoms with Gasteiger partial charge < -0.3 is 4.90 Å². The van der Waals surface area contributed by atoms with Crippen LogP contribution in [0.3, 0.4) is 0 Å². The highest BCUT2D eigenvalue weighted by Gasteiger charge is 2.36. The second-order valence-corrected chi connectivity index (χ2v) is 5.98. The first-order valence-electron chi connectivity index (χ1n) is 6.75. The van der Waals surface area contributed by atoms with Crippen LogP contribution in [0.5, 0.6) is 0 Å². The third-order valence-corrected chi connectivity index (χ3v) is 4.10. The molecule has 2 unspecified atom stereocenters. The summed E-state index contributed by atoms with van der Waals surface area (Å²) in [5, 5.41) is 0. The van der Waals surface area contributed by atoms with E-state index in [-0.39, 0.29) is 0 Å². The molecule has 0 spiro atoms. The maximum atomic E-state index is 2.51.